The smallest absolute Gasteiger partial charge is 0.314 e. The van der Waals surface area contributed by atoms with Crippen molar-refractivity contribution < 1.29 is 9.53 Å². The number of benzene rings is 1. The van der Waals surface area contributed by atoms with Crippen LogP contribution in [0.15, 0.2) is 24.3 Å². The second kappa shape index (κ2) is 10.2. The number of urea groups is 1. The summed E-state index contributed by atoms with van der Waals surface area (Å²) in [5, 5.41) is 5.85. The van der Waals surface area contributed by atoms with Gasteiger partial charge in [-0.15, -0.1) is 0 Å². The number of carbonyl (C=O) groups excluding carboxylic acids is 1. The van der Waals surface area contributed by atoms with Crippen LogP contribution >= 0.6 is 0 Å². The Morgan fingerprint density at radius 2 is 1.92 bits per heavy atom. The molecule has 0 atom stereocenters. The summed E-state index contributed by atoms with van der Waals surface area (Å²) >= 11 is 0. The van der Waals surface area contributed by atoms with Gasteiger partial charge in [0.05, 0.1) is 7.11 Å². The SMILES string of the molecule is COc1ccccc1CCNC(=O)NCCCN1CCC(C)CC1. The van der Waals surface area contributed by atoms with Gasteiger partial charge in [0.15, 0.2) is 0 Å². The van der Waals surface area contributed by atoms with Gasteiger partial charge < -0.3 is 20.3 Å². The number of likely N-dealkylation sites (tertiary alicyclic amines) is 1. The average Bonchev–Trinajstić information content (AvgIpc) is 2.60. The fraction of sp³-hybridized carbons (Fsp3) is 0.632. The summed E-state index contributed by atoms with van der Waals surface area (Å²) in [7, 11) is 1.67. The van der Waals surface area contributed by atoms with Crippen molar-refractivity contribution in [3.8, 4) is 5.75 Å². The Kier molecular flexibility index (Phi) is 7.89. The summed E-state index contributed by atoms with van der Waals surface area (Å²) in [6.45, 7) is 7.14. The van der Waals surface area contributed by atoms with Gasteiger partial charge in [-0.3, -0.25) is 0 Å². The zero-order chi connectivity index (χ0) is 17.2. The van der Waals surface area contributed by atoms with Gasteiger partial charge in [-0.2, -0.15) is 0 Å². The largest absolute Gasteiger partial charge is 0.496 e. The Bertz CT molecular complexity index is 499. The first kappa shape index (κ1) is 18.6. The number of nitrogens with zero attached hydrogens (tertiary/aromatic N) is 1. The van der Waals surface area contributed by atoms with E-state index in [1.165, 1.54) is 25.9 Å². The van der Waals surface area contributed by atoms with Crippen LogP contribution in [0.5, 0.6) is 5.75 Å². The third-order valence-electron chi connectivity index (χ3n) is 4.69. The molecule has 1 aromatic carbocycles. The molecular weight excluding hydrogens is 302 g/mol. The number of amides is 2. The van der Waals surface area contributed by atoms with E-state index in [-0.39, 0.29) is 6.03 Å². The van der Waals surface area contributed by atoms with E-state index in [1.54, 1.807) is 7.11 Å². The number of hydrogen-bond acceptors (Lipinski definition) is 3. The van der Waals surface area contributed by atoms with Crippen molar-refractivity contribution in [1.29, 1.82) is 0 Å². The quantitative estimate of drug-likeness (QED) is 0.719. The Labute approximate surface area is 145 Å². The van der Waals surface area contributed by atoms with Gasteiger partial charge in [0.2, 0.25) is 0 Å². The molecule has 0 saturated carbocycles. The van der Waals surface area contributed by atoms with E-state index in [9.17, 15) is 4.79 Å². The van der Waals surface area contributed by atoms with E-state index >= 15 is 0 Å². The standard InChI is InChI=1S/C19H31N3O2/c1-16-9-14-22(15-10-16)13-5-11-20-19(23)21-12-8-17-6-3-4-7-18(17)24-2/h3-4,6-7,16H,5,8-15H2,1-2H3,(H2,20,21,23). The van der Waals surface area contributed by atoms with Gasteiger partial charge in [-0.1, -0.05) is 25.1 Å². The molecule has 0 bridgehead atoms. The molecule has 1 fully saturated rings. The first-order valence-corrected chi connectivity index (χ1v) is 9.05. The minimum Gasteiger partial charge on any atom is -0.496 e. The van der Waals surface area contributed by atoms with E-state index in [0.29, 0.717) is 6.54 Å². The third kappa shape index (κ3) is 6.40. The number of rotatable bonds is 8. The summed E-state index contributed by atoms with van der Waals surface area (Å²) in [4.78, 5) is 14.3. The number of carbonyl (C=O) groups is 1. The minimum absolute atomic E-state index is 0.0860. The lowest BCUT2D eigenvalue weighted by Gasteiger charge is -2.30. The van der Waals surface area contributed by atoms with Crippen LogP contribution in [0.2, 0.25) is 0 Å². The van der Waals surface area contributed by atoms with Crippen LogP contribution < -0.4 is 15.4 Å². The molecule has 1 aromatic rings. The summed E-state index contributed by atoms with van der Waals surface area (Å²) < 4.78 is 5.31. The second-order valence-electron chi connectivity index (χ2n) is 6.62. The molecule has 5 heteroatoms. The molecule has 0 spiro atoms. The van der Waals surface area contributed by atoms with Gasteiger partial charge in [-0.05, 0) is 62.9 Å². The molecule has 1 heterocycles. The zero-order valence-electron chi connectivity index (χ0n) is 15.0. The number of hydrogen-bond donors (Lipinski definition) is 2. The highest BCUT2D eigenvalue weighted by Gasteiger charge is 2.14. The van der Waals surface area contributed by atoms with Crippen LogP contribution in [-0.4, -0.2) is 50.8 Å². The number of piperidine rings is 1. The van der Waals surface area contributed by atoms with Crippen LogP contribution in [0.3, 0.4) is 0 Å². The van der Waals surface area contributed by atoms with Crippen molar-refractivity contribution in [2.75, 3.05) is 39.8 Å². The molecule has 0 aromatic heterocycles. The van der Waals surface area contributed by atoms with E-state index in [4.69, 9.17) is 4.74 Å². The number of methoxy groups -OCH3 is 1. The second-order valence-corrected chi connectivity index (χ2v) is 6.62. The monoisotopic (exact) mass is 333 g/mol. The highest BCUT2D eigenvalue weighted by Crippen LogP contribution is 2.17. The van der Waals surface area contributed by atoms with Crippen LogP contribution in [-0.2, 0) is 6.42 Å². The first-order valence-electron chi connectivity index (χ1n) is 9.05. The molecule has 1 aliphatic heterocycles. The molecule has 2 rings (SSSR count). The Hall–Kier alpha value is -1.75. The molecule has 0 unspecified atom stereocenters. The molecular formula is C19H31N3O2. The van der Waals surface area contributed by atoms with Gasteiger partial charge in [0.25, 0.3) is 0 Å². The van der Waals surface area contributed by atoms with Gasteiger partial charge in [0, 0.05) is 13.1 Å². The maximum Gasteiger partial charge on any atom is 0.314 e. The van der Waals surface area contributed by atoms with Crippen molar-refractivity contribution >= 4 is 6.03 Å². The zero-order valence-corrected chi connectivity index (χ0v) is 15.0. The van der Waals surface area contributed by atoms with Crippen LogP contribution in [0.25, 0.3) is 0 Å². The highest BCUT2D eigenvalue weighted by molar-refractivity contribution is 5.73. The lowest BCUT2D eigenvalue weighted by Crippen LogP contribution is -2.39. The molecule has 1 aliphatic rings. The van der Waals surface area contributed by atoms with E-state index in [0.717, 1.165) is 43.2 Å². The summed E-state index contributed by atoms with van der Waals surface area (Å²) in [5.74, 6) is 1.74. The van der Waals surface area contributed by atoms with Gasteiger partial charge in [0.1, 0.15) is 5.75 Å². The average molecular weight is 333 g/mol. The summed E-state index contributed by atoms with van der Waals surface area (Å²) in [5.41, 5.74) is 1.11. The van der Waals surface area contributed by atoms with Crippen LogP contribution in [0.1, 0.15) is 31.7 Å². The molecule has 24 heavy (non-hydrogen) atoms. The number of ether oxygens (including phenoxy) is 1. The molecule has 1 saturated heterocycles. The van der Waals surface area contributed by atoms with Gasteiger partial charge >= 0.3 is 6.03 Å². The number of para-hydroxylation sites is 1. The van der Waals surface area contributed by atoms with Crippen LogP contribution in [0, 0.1) is 5.92 Å². The maximum absolute atomic E-state index is 11.8. The van der Waals surface area contributed by atoms with Crippen molar-refractivity contribution in [3.05, 3.63) is 29.8 Å². The van der Waals surface area contributed by atoms with Crippen molar-refractivity contribution in [2.24, 2.45) is 5.92 Å². The first-order chi connectivity index (χ1) is 11.7. The lowest BCUT2D eigenvalue weighted by atomic mass is 9.99. The fourth-order valence-electron chi connectivity index (χ4n) is 3.07. The van der Waals surface area contributed by atoms with Crippen LogP contribution in [0.4, 0.5) is 4.79 Å². The molecule has 2 amide bonds. The van der Waals surface area contributed by atoms with Crippen molar-refractivity contribution in [3.63, 3.8) is 0 Å². The predicted octanol–water partition coefficient (Wildman–Crippen LogP) is 2.66. The van der Waals surface area contributed by atoms with Gasteiger partial charge in [-0.25, -0.2) is 4.79 Å². The summed E-state index contributed by atoms with van der Waals surface area (Å²) in [6.07, 6.45) is 4.38. The van der Waals surface area contributed by atoms with E-state index in [1.807, 2.05) is 24.3 Å². The third-order valence-corrected chi connectivity index (χ3v) is 4.69. The Balaban J connectivity index is 1.54. The topological polar surface area (TPSA) is 53.6 Å². The lowest BCUT2D eigenvalue weighted by molar-refractivity contribution is 0.190. The summed E-state index contributed by atoms with van der Waals surface area (Å²) in [6, 6.07) is 7.82. The van der Waals surface area contributed by atoms with Crippen molar-refractivity contribution in [2.45, 2.75) is 32.6 Å². The Morgan fingerprint density at radius 3 is 2.67 bits per heavy atom. The molecule has 0 radical (unpaired) electrons. The van der Waals surface area contributed by atoms with Crippen molar-refractivity contribution in [1.82, 2.24) is 15.5 Å². The molecule has 0 aliphatic carbocycles. The fourth-order valence-corrected chi connectivity index (χ4v) is 3.07. The molecule has 2 N–H and O–H groups in total. The highest BCUT2D eigenvalue weighted by atomic mass is 16.5. The Morgan fingerprint density at radius 1 is 1.21 bits per heavy atom. The normalized spacial score (nSPS) is 15.9. The number of nitrogens with one attached hydrogen (secondary N) is 2. The van der Waals surface area contributed by atoms with E-state index in [2.05, 4.69) is 22.5 Å². The predicted molar refractivity (Wildman–Crippen MR) is 97.6 cm³/mol. The molecule has 5 nitrogen and oxygen atoms in total. The minimum atomic E-state index is -0.0860. The molecule has 134 valence electrons. The maximum atomic E-state index is 11.8. The van der Waals surface area contributed by atoms with E-state index < -0.39 is 0 Å².